The van der Waals surface area contributed by atoms with Crippen LogP contribution >= 0.6 is 23.7 Å². The zero-order valence-corrected chi connectivity index (χ0v) is 15.8. The summed E-state index contributed by atoms with van der Waals surface area (Å²) in [7, 11) is 0. The summed E-state index contributed by atoms with van der Waals surface area (Å²) < 4.78 is 27.3. The van der Waals surface area contributed by atoms with E-state index in [0.717, 1.165) is 38.1 Å². The van der Waals surface area contributed by atoms with E-state index in [0.29, 0.717) is 20.9 Å². The van der Waals surface area contributed by atoms with Gasteiger partial charge in [0.1, 0.15) is 0 Å². The third-order valence-electron chi connectivity index (χ3n) is 5.66. The lowest BCUT2D eigenvalue weighted by atomic mass is 9.72. The first kappa shape index (κ1) is 18.5. The van der Waals surface area contributed by atoms with E-state index in [9.17, 15) is 13.6 Å². The molecule has 1 N–H and O–H groups in total. The van der Waals surface area contributed by atoms with Crippen LogP contribution in [0.2, 0.25) is 0 Å². The van der Waals surface area contributed by atoms with E-state index in [-0.39, 0.29) is 29.9 Å². The van der Waals surface area contributed by atoms with Crippen LogP contribution in [0.1, 0.15) is 36.4 Å². The quantitative estimate of drug-likeness (QED) is 0.838. The molecule has 0 radical (unpaired) electrons. The van der Waals surface area contributed by atoms with E-state index in [2.05, 4.69) is 24.1 Å². The summed E-state index contributed by atoms with van der Waals surface area (Å²) in [6, 6.07) is 4.05. The van der Waals surface area contributed by atoms with Crippen LogP contribution in [-0.2, 0) is 0 Å². The molecule has 3 fully saturated rings. The van der Waals surface area contributed by atoms with Gasteiger partial charge in [0, 0.05) is 16.3 Å². The molecule has 3 saturated heterocycles. The smallest absolute Gasteiger partial charge is 0.261 e. The zero-order chi connectivity index (χ0) is 17.1. The lowest BCUT2D eigenvalue weighted by molar-refractivity contribution is -0.0377. The summed E-state index contributed by atoms with van der Waals surface area (Å²) in [5.41, 5.74) is -0.0638. The van der Waals surface area contributed by atoms with Crippen LogP contribution in [0.3, 0.4) is 0 Å². The number of nitrogens with one attached hydrogen (secondary N) is 1. The molecule has 3 aliphatic heterocycles. The minimum atomic E-state index is -0.884. The predicted octanol–water partition coefficient (Wildman–Crippen LogP) is 4.20. The van der Waals surface area contributed by atoms with Gasteiger partial charge in [-0.15, -0.1) is 23.7 Å². The molecule has 136 valence electrons. The highest BCUT2D eigenvalue weighted by Gasteiger charge is 2.48. The molecule has 3 aliphatic rings. The minimum absolute atomic E-state index is 0. The standard InChI is InChI=1S/C18H20F2N2OS.ClH/c1-18(2)16(10-3-5-22(18)6-4-10)21-17(23)15-8-11-7-12(19)13(20)9-14(11)24-15;/h7-10,16H,3-6H2,1-2H3,(H,21,23);1H/t16-;/m1./s1. The van der Waals surface area contributed by atoms with Crippen molar-refractivity contribution >= 4 is 39.7 Å². The van der Waals surface area contributed by atoms with Crippen molar-refractivity contribution in [2.45, 2.75) is 38.3 Å². The Balaban J connectivity index is 0.00000182. The molecule has 0 aliphatic carbocycles. The number of carbonyl (C=O) groups is 1. The second kappa shape index (κ2) is 6.49. The van der Waals surface area contributed by atoms with Gasteiger partial charge in [-0.2, -0.15) is 0 Å². The molecule has 0 spiro atoms. The Morgan fingerprint density at radius 3 is 2.48 bits per heavy atom. The summed E-state index contributed by atoms with van der Waals surface area (Å²) in [6.45, 7) is 6.54. The first-order valence-electron chi connectivity index (χ1n) is 8.31. The zero-order valence-electron chi connectivity index (χ0n) is 14.1. The molecule has 3 nitrogen and oxygen atoms in total. The van der Waals surface area contributed by atoms with Crippen molar-refractivity contribution < 1.29 is 13.6 Å². The molecule has 7 heteroatoms. The van der Waals surface area contributed by atoms with Crippen molar-refractivity contribution in [3.63, 3.8) is 0 Å². The first-order valence-corrected chi connectivity index (χ1v) is 9.12. The molecule has 0 saturated carbocycles. The molecule has 4 heterocycles. The van der Waals surface area contributed by atoms with Crippen molar-refractivity contribution in [1.82, 2.24) is 10.2 Å². The maximum atomic E-state index is 13.4. The van der Waals surface area contributed by atoms with Crippen LogP contribution in [0.25, 0.3) is 10.1 Å². The van der Waals surface area contributed by atoms with Crippen LogP contribution in [0.4, 0.5) is 8.78 Å². The molecule has 2 bridgehead atoms. The maximum Gasteiger partial charge on any atom is 0.261 e. The lowest BCUT2D eigenvalue weighted by Crippen LogP contribution is -2.69. The van der Waals surface area contributed by atoms with Crippen molar-refractivity contribution in [2.75, 3.05) is 13.1 Å². The average Bonchev–Trinajstić information content (AvgIpc) is 2.94. The highest BCUT2D eigenvalue weighted by molar-refractivity contribution is 7.20. The van der Waals surface area contributed by atoms with Crippen LogP contribution in [0.15, 0.2) is 18.2 Å². The van der Waals surface area contributed by atoms with Gasteiger partial charge in [0.25, 0.3) is 5.91 Å². The number of rotatable bonds is 2. The largest absolute Gasteiger partial charge is 0.346 e. The van der Waals surface area contributed by atoms with Crippen LogP contribution in [0.5, 0.6) is 0 Å². The summed E-state index contributed by atoms with van der Waals surface area (Å²) >= 11 is 1.20. The fourth-order valence-electron chi connectivity index (χ4n) is 4.24. The summed E-state index contributed by atoms with van der Waals surface area (Å²) in [5.74, 6) is -1.41. The van der Waals surface area contributed by atoms with Gasteiger partial charge >= 0.3 is 0 Å². The van der Waals surface area contributed by atoms with Gasteiger partial charge in [0.15, 0.2) is 11.6 Å². The Kier molecular flexibility index (Phi) is 4.81. The van der Waals surface area contributed by atoms with Gasteiger partial charge in [-0.25, -0.2) is 8.78 Å². The fourth-order valence-corrected chi connectivity index (χ4v) is 5.21. The molecule has 0 unspecified atom stereocenters. The van der Waals surface area contributed by atoms with Crippen molar-refractivity contribution in [3.05, 3.63) is 34.7 Å². The number of fused-ring (bicyclic) bond motifs is 4. The highest BCUT2D eigenvalue weighted by Crippen LogP contribution is 2.39. The van der Waals surface area contributed by atoms with Gasteiger partial charge in [0.2, 0.25) is 0 Å². The molecule has 25 heavy (non-hydrogen) atoms. The summed E-state index contributed by atoms with van der Waals surface area (Å²) in [4.78, 5) is 15.6. The predicted molar refractivity (Wildman–Crippen MR) is 98.6 cm³/mol. The number of carbonyl (C=O) groups excluding carboxylic acids is 1. The number of halogens is 3. The number of piperidine rings is 3. The normalized spacial score (nSPS) is 27.1. The highest BCUT2D eigenvalue weighted by atomic mass is 35.5. The van der Waals surface area contributed by atoms with Gasteiger partial charge in [-0.1, -0.05) is 0 Å². The van der Waals surface area contributed by atoms with Crippen molar-refractivity contribution in [2.24, 2.45) is 5.92 Å². The van der Waals surface area contributed by atoms with Crippen LogP contribution in [-0.4, -0.2) is 35.5 Å². The minimum Gasteiger partial charge on any atom is -0.346 e. The topological polar surface area (TPSA) is 32.3 Å². The summed E-state index contributed by atoms with van der Waals surface area (Å²) in [6.07, 6.45) is 2.22. The molecule has 1 aromatic carbocycles. The summed E-state index contributed by atoms with van der Waals surface area (Å²) in [5, 5.41) is 3.76. The van der Waals surface area contributed by atoms with Gasteiger partial charge in [0.05, 0.1) is 4.88 Å². The first-order chi connectivity index (χ1) is 11.4. The van der Waals surface area contributed by atoms with E-state index in [1.165, 1.54) is 11.3 Å². The van der Waals surface area contributed by atoms with Gasteiger partial charge < -0.3 is 5.32 Å². The Hall–Kier alpha value is -1.24. The van der Waals surface area contributed by atoms with E-state index < -0.39 is 11.6 Å². The van der Waals surface area contributed by atoms with E-state index in [1.54, 1.807) is 6.07 Å². The third kappa shape index (κ3) is 3.04. The molecule has 2 aromatic rings. The third-order valence-corrected chi connectivity index (χ3v) is 6.75. The molecule has 1 aromatic heterocycles. The van der Waals surface area contributed by atoms with E-state index in [1.807, 2.05) is 0 Å². The van der Waals surface area contributed by atoms with Gasteiger partial charge in [-0.3, -0.25) is 9.69 Å². The number of benzene rings is 1. The number of amides is 1. The molecule has 1 atom stereocenters. The monoisotopic (exact) mass is 386 g/mol. The van der Waals surface area contributed by atoms with E-state index in [4.69, 9.17) is 0 Å². The lowest BCUT2D eigenvalue weighted by Gasteiger charge is -2.56. The molecular formula is C18H21ClF2N2OS. The Labute approximate surface area is 155 Å². The molecular weight excluding hydrogens is 366 g/mol. The van der Waals surface area contributed by atoms with Gasteiger partial charge in [-0.05, 0) is 69.3 Å². The Morgan fingerprint density at radius 1 is 1.20 bits per heavy atom. The Bertz CT molecular complexity index is 776. The number of hydrogen-bond donors (Lipinski definition) is 1. The number of thiophene rings is 1. The van der Waals surface area contributed by atoms with Crippen LogP contribution < -0.4 is 5.32 Å². The Morgan fingerprint density at radius 2 is 1.84 bits per heavy atom. The van der Waals surface area contributed by atoms with Crippen molar-refractivity contribution in [1.29, 1.82) is 0 Å². The maximum absolute atomic E-state index is 13.4. The van der Waals surface area contributed by atoms with E-state index >= 15 is 0 Å². The second-order valence-electron chi connectivity index (χ2n) is 7.34. The number of nitrogens with zero attached hydrogens (tertiary/aromatic N) is 1. The van der Waals surface area contributed by atoms with Crippen molar-refractivity contribution in [3.8, 4) is 0 Å². The second-order valence-corrected chi connectivity index (χ2v) is 8.43. The SMILES string of the molecule is CC1(C)[C@H](NC(=O)c2cc3cc(F)c(F)cc3s2)C2CCN1CC2.Cl. The average molecular weight is 387 g/mol. The number of hydrogen-bond acceptors (Lipinski definition) is 3. The fraction of sp³-hybridized carbons (Fsp3) is 0.500. The van der Waals surface area contributed by atoms with Crippen LogP contribution in [0, 0.1) is 17.6 Å². The molecule has 1 amide bonds. The molecule has 5 rings (SSSR count).